The van der Waals surface area contributed by atoms with Gasteiger partial charge in [0, 0.05) is 31.9 Å². The van der Waals surface area contributed by atoms with E-state index in [0.29, 0.717) is 25.3 Å². The predicted octanol–water partition coefficient (Wildman–Crippen LogP) is 3.04. The van der Waals surface area contributed by atoms with Crippen molar-refractivity contribution < 1.29 is 18.0 Å². The first-order valence-electron chi connectivity index (χ1n) is 11.8. The van der Waals surface area contributed by atoms with Crippen LogP contribution in [-0.4, -0.2) is 50.7 Å². The van der Waals surface area contributed by atoms with E-state index < -0.39 is 15.4 Å². The summed E-state index contributed by atoms with van der Waals surface area (Å²) in [4.78, 5) is 27.3. The van der Waals surface area contributed by atoms with E-state index in [1.165, 1.54) is 10.7 Å². The van der Waals surface area contributed by atoms with Crippen LogP contribution in [0.3, 0.4) is 0 Å². The molecule has 2 heterocycles. The number of nitrogens with one attached hydrogen (secondary N) is 1. The minimum atomic E-state index is -3.76. The van der Waals surface area contributed by atoms with Crippen molar-refractivity contribution in [2.45, 2.75) is 75.6 Å². The fourth-order valence-corrected chi connectivity index (χ4v) is 7.02. The summed E-state index contributed by atoms with van der Waals surface area (Å²) < 4.78 is 28.4. The Bertz CT molecular complexity index is 1020. The highest BCUT2D eigenvalue weighted by atomic mass is 32.2. The molecule has 3 aliphatic rings. The number of fused-ring (bicyclic) bond motifs is 1. The van der Waals surface area contributed by atoms with Crippen molar-refractivity contribution >= 4 is 27.5 Å². The van der Waals surface area contributed by atoms with Crippen molar-refractivity contribution in [1.29, 1.82) is 0 Å². The maximum Gasteiger partial charge on any atom is 0.243 e. The number of nitrogens with zero attached hydrogens (tertiary/aromatic N) is 2. The molecule has 7 nitrogen and oxygen atoms in total. The molecule has 3 unspecified atom stereocenters. The van der Waals surface area contributed by atoms with Crippen molar-refractivity contribution in [1.82, 2.24) is 9.62 Å². The first-order chi connectivity index (χ1) is 15.0. The number of carbonyl (C=O) groups excluding carboxylic acids is 2. The van der Waals surface area contributed by atoms with Crippen LogP contribution in [-0.2, 0) is 25.0 Å². The number of hydrogen-bond acceptors (Lipinski definition) is 4. The molecule has 1 saturated heterocycles. The molecular weight excluding hydrogens is 426 g/mol. The van der Waals surface area contributed by atoms with Gasteiger partial charge in [0.2, 0.25) is 21.8 Å². The monoisotopic (exact) mass is 461 g/mol. The number of benzene rings is 1. The zero-order chi connectivity index (χ0) is 23.3. The fourth-order valence-electron chi connectivity index (χ4n) is 5.47. The van der Waals surface area contributed by atoms with Crippen LogP contribution in [0.5, 0.6) is 0 Å². The Kier molecular flexibility index (Phi) is 6.13. The molecule has 3 atom stereocenters. The van der Waals surface area contributed by atoms with Gasteiger partial charge in [0.1, 0.15) is 0 Å². The molecule has 0 bridgehead atoms. The highest BCUT2D eigenvalue weighted by Crippen LogP contribution is 2.42. The van der Waals surface area contributed by atoms with Crippen molar-refractivity contribution in [3.8, 4) is 0 Å². The Morgan fingerprint density at radius 2 is 1.84 bits per heavy atom. The van der Waals surface area contributed by atoms with E-state index in [0.717, 1.165) is 30.5 Å². The van der Waals surface area contributed by atoms with Gasteiger partial charge in [-0.1, -0.05) is 19.8 Å². The van der Waals surface area contributed by atoms with E-state index in [2.05, 4.69) is 12.2 Å². The van der Waals surface area contributed by atoms with Gasteiger partial charge >= 0.3 is 0 Å². The van der Waals surface area contributed by atoms with Crippen LogP contribution in [0.4, 0.5) is 5.69 Å². The van der Waals surface area contributed by atoms with Crippen LogP contribution in [0.2, 0.25) is 0 Å². The lowest BCUT2D eigenvalue weighted by Crippen LogP contribution is -2.49. The summed E-state index contributed by atoms with van der Waals surface area (Å²) in [5, 5.41) is 3.20. The standard InChI is InChI=1S/C24H35N3O4S/c1-16-8-5-6-10-20(16)25-22(28)17-9-7-13-27(15-17)32(30,31)18-11-12-21-19(14-18)24(2,3)23(29)26(21)4/h11-12,14,16-17,20H,5-10,13,15H2,1-4H3,(H,25,28). The van der Waals surface area contributed by atoms with Crippen LogP contribution >= 0.6 is 0 Å². The Labute approximate surface area is 191 Å². The molecule has 1 aromatic carbocycles. The van der Waals surface area contributed by atoms with Gasteiger partial charge in [-0.3, -0.25) is 9.59 Å². The summed E-state index contributed by atoms with van der Waals surface area (Å²) >= 11 is 0. The van der Waals surface area contributed by atoms with Crippen molar-refractivity contribution in [3.05, 3.63) is 23.8 Å². The Balaban J connectivity index is 1.52. The average molecular weight is 462 g/mol. The molecule has 0 spiro atoms. The van der Waals surface area contributed by atoms with Crippen LogP contribution in [0.25, 0.3) is 0 Å². The quantitative estimate of drug-likeness (QED) is 0.747. The second-order valence-electron chi connectivity index (χ2n) is 10.2. The van der Waals surface area contributed by atoms with Gasteiger partial charge in [-0.25, -0.2) is 8.42 Å². The third kappa shape index (κ3) is 3.96. The van der Waals surface area contributed by atoms with Crippen LogP contribution in [0.15, 0.2) is 23.1 Å². The second kappa shape index (κ2) is 8.45. The molecule has 2 amide bonds. The van der Waals surface area contributed by atoms with E-state index in [-0.39, 0.29) is 35.2 Å². The number of piperidine rings is 1. The molecule has 2 fully saturated rings. The molecule has 1 aliphatic carbocycles. The Morgan fingerprint density at radius 3 is 2.56 bits per heavy atom. The normalized spacial score (nSPS) is 28.4. The van der Waals surface area contributed by atoms with E-state index in [1.807, 2.05) is 13.8 Å². The molecule has 176 valence electrons. The molecule has 8 heteroatoms. The summed E-state index contributed by atoms with van der Waals surface area (Å²) in [7, 11) is -2.04. The largest absolute Gasteiger partial charge is 0.353 e. The SMILES string of the molecule is CC1CCCCC1NC(=O)C1CCCN(S(=O)(=O)c2ccc3c(c2)C(C)(C)C(=O)N3C)C1. The number of amides is 2. The molecule has 0 radical (unpaired) electrons. The number of rotatable bonds is 4. The lowest BCUT2D eigenvalue weighted by atomic mass is 9.85. The fraction of sp³-hybridized carbons (Fsp3) is 0.667. The molecule has 2 aliphatic heterocycles. The second-order valence-corrected chi connectivity index (χ2v) is 12.2. The van der Waals surface area contributed by atoms with Crippen molar-refractivity contribution in [3.63, 3.8) is 0 Å². The van der Waals surface area contributed by atoms with Gasteiger partial charge in [0.25, 0.3) is 0 Å². The van der Waals surface area contributed by atoms with Gasteiger partial charge in [0.05, 0.1) is 16.2 Å². The number of likely N-dealkylation sites (N-methyl/N-ethyl adjacent to an activating group) is 1. The maximum absolute atomic E-state index is 13.5. The minimum Gasteiger partial charge on any atom is -0.353 e. The Hall–Kier alpha value is -1.93. The number of sulfonamides is 1. The van der Waals surface area contributed by atoms with Gasteiger partial charge in [0.15, 0.2) is 0 Å². The topological polar surface area (TPSA) is 86.8 Å². The smallest absolute Gasteiger partial charge is 0.243 e. The number of carbonyl (C=O) groups is 2. The van der Waals surface area contributed by atoms with E-state index in [9.17, 15) is 18.0 Å². The number of hydrogen-bond donors (Lipinski definition) is 1. The van der Waals surface area contributed by atoms with Crippen LogP contribution in [0.1, 0.15) is 64.9 Å². The lowest BCUT2D eigenvalue weighted by Gasteiger charge is -2.34. The molecule has 1 aromatic rings. The number of anilines is 1. The molecule has 4 rings (SSSR count). The predicted molar refractivity (Wildman–Crippen MR) is 124 cm³/mol. The van der Waals surface area contributed by atoms with Crippen molar-refractivity contribution in [2.75, 3.05) is 25.0 Å². The van der Waals surface area contributed by atoms with E-state index >= 15 is 0 Å². The first kappa shape index (κ1) is 23.2. The van der Waals surface area contributed by atoms with E-state index in [4.69, 9.17) is 0 Å². The highest BCUT2D eigenvalue weighted by molar-refractivity contribution is 7.89. The van der Waals surface area contributed by atoms with Crippen LogP contribution < -0.4 is 10.2 Å². The zero-order valence-corrected chi connectivity index (χ0v) is 20.4. The van der Waals surface area contributed by atoms with Gasteiger partial charge < -0.3 is 10.2 Å². The van der Waals surface area contributed by atoms with Crippen LogP contribution in [0, 0.1) is 11.8 Å². The summed E-state index contributed by atoms with van der Waals surface area (Å²) in [5.41, 5.74) is 0.705. The molecule has 32 heavy (non-hydrogen) atoms. The van der Waals surface area contributed by atoms with Crippen molar-refractivity contribution in [2.24, 2.45) is 11.8 Å². The molecule has 1 saturated carbocycles. The maximum atomic E-state index is 13.5. The zero-order valence-electron chi connectivity index (χ0n) is 19.6. The van der Waals surface area contributed by atoms with Gasteiger partial charge in [-0.15, -0.1) is 0 Å². The molecular formula is C24H35N3O4S. The van der Waals surface area contributed by atoms with Gasteiger partial charge in [-0.2, -0.15) is 4.31 Å². The highest BCUT2D eigenvalue weighted by Gasteiger charge is 2.43. The average Bonchev–Trinajstić information content (AvgIpc) is 2.95. The third-order valence-corrected chi connectivity index (χ3v) is 9.53. The third-order valence-electron chi connectivity index (χ3n) is 7.67. The Morgan fingerprint density at radius 1 is 1.12 bits per heavy atom. The molecule has 0 aromatic heterocycles. The summed E-state index contributed by atoms with van der Waals surface area (Å²) in [6.45, 7) is 6.43. The minimum absolute atomic E-state index is 0.0223. The first-order valence-corrected chi connectivity index (χ1v) is 13.2. The summed E-state index contributed by atoms with van der Waals surface area (Å²) in [6.07, 6.45) is 5.83. The lowest BCUT2D eigenvalue weighted by molar-refractivity contribution is -0.127. The molecule has 1 N–H and O–H groups in total. The summed E-state index contributed by atoms with van der Waals surface area (Å²) in [6, 6.07) is 5.12. The summed E-state index contributed by atoms with van der Waals surface area (Å²) in [5.74, 6) is 0.0672. The van der Waals surface area contributed by atoms with Gasteiger partial charge in [-0.05, 0) is 69.2 Å². The van der Waals surface area contributed by atoms with E-state index in [1.54, 1.807) is 30.1 Å².